The summed E-state index contributed by atoms with van der Waals surface area (Å²) in [6.45, 7) is 13.4. The molecule has 4 heteroatoms. The maximum atomic E-state index is 6.35. The second kappa shape index (κ2) is 8.62. The first-order valence-electron chi connectivity index (χ1n) is 8.70. The van der Waals surface area contributed by atoms with Crippen molar-refractivity contribution in [3.8, 4) is 0 Å². The maximum absolute atomic E-state index is 6.35. The van der Waals surface area contributed by atoms with Gasteiger partial charge >= 0.3 is 0 Å². The lowest BCUT2D eigenvalue weighted by atomic mass is 10.0. The summed E-state index contributed by atoms with van der Waals surface area (Å²) >= 11 is 0. The molecule has 132 valence electrons. The Bertz CT molecular complexity index is 317. The van der Waals surface area contributed by atoms with Gasteiger partial charge in [-0.1, -0.05) is 6.92 Å². The minimum absolute atomic E-state index is 0.132. The Labute approximate surface area is 137 Å². The molecule has 0 spiro atoms. The molecule has 4 nitrogen and oxygen atoms in total. The van der Waals surface area contributed by atoms with E-state index in [0.29, 0.717) is 12.1 Å². The molecule has 0 radical (unpaired) electrons. The van der Waals surface area contributed by atoms with E-state index in [-0.39, 0.29) is 11.2 Å². The van der Waals surface area contributed by atoms with E-state index in [2.05, 4.69) is 46.6 Å². The number of rotatable bonds is 10. The van der Waals surface area contributed by atoms with Gasteiger partial charge in [0.1, 0.15) is 0 Å². The smallest absolute Gasteiger partial charge is 0.0724 e. The fraction of sp³-hybridized carbons (Fsp3) is 1.00. The van der Waals surface area contributed by atoms with Gasteiger partial charge in [0.25, 0.3) is 0 Å². The summed E-state index contributed by atoms with van der Waals surface area (Å²) in [4.78, 5) is 2.42. The van der Waals surface area contributed by atoms with Crippen LogP contribution in [0.1, 0.15) is 60.3 Å². The lowest BCUT2D eigenvalue weighted by Gasteiger charge is -2.31. The van der Waals surface area contributed by atoms with Gasteiger partial charge in [0, 0.05) is 26.3 Å². The number of hydrogen-bond donors (Lipinski definition) is 0. The zero-order chi connectivity index (χ0) is 16.8. The average Bonchev–Trinajstić information content (AvgIpc) is 2.75. The maximum Gasteiger partial charge on any atom is 0.0724 e. The van der Waals surface area contributed by atoms with Crippen molar-refractivity contribution in [2.45, 2.75) is 83.6 Å². The van der Waals surface area contributed by atoms with Crippen LogP contribution < -0.4 is 0 Å². The third kappa shape index (κ3) is 6.95. The van der Waals surface area contributed by atoms with Gasteiger partial charge in [-0.2, -0.15) is 0 Å². The van der Waals surface area contributed by atoms with Gasteiger partial charge in [0.2, 0.25) is 0 Å². The monoisotopic (exact) mass is 315 g/mol. The molecule has 0 amide bonds. The number of ether oxygens (including phenoxy) is 3. The van der Waals surface area contributed by atoms with E-state index >= 15 is 0 Å². The van der Waals surface area contributed by atoms with E-state index in [1.807, 2.05) is 0 Å². The highest BCUT2D eigenvalue weighted by atomic mass is 16.5. The highest BCUT2D eigenvalue weighted by Gasteiger charge is 2.33. The van der Waals surface area contributed by atoms with Crippen LogP contribution in [-0.2, 0) is 14.2 Å². The standard InChI is InChI=1S/C18H37NO3/c1-8-15-13-16(14-19(15)6)22-18(4,5)10-12-21-17(2,3)9-11-20-7/h15-16H,8-14H2,1-7H3. The Morgan fingerprint density at radius 3 is 2.23 bits per heavy atom. The number of nitrogens with zero attached hydrogens (tertiary/aromatic N) is 1. The Morgan fingerprint density at radius 2 is 1.68 bits per heavy atom. The molecule has 2 atom stereocenters. The lowest BCUT2D eigenvalue weighted by Crippen LogP contribution is -2.35. The Hall–Kier alpha value is -0.160. The first-order valence-corrected chi connectivity index (χ1v) is 8.70. The van der Waals surface area contributed by atoms with Crippen molar-refractivity contribution >= 4 is 0 Å². The van der Waals surface area contributed by atoms with Crippen LogP contribution in [0, 0.1) is 0 Å². The SMILES string of the molecule is CCC1CC(OC(C)(C)CCOC(C)(C)CCOC)CN1C. The number of likely N-dealkylation sites (tertiary alicyclic amines) is 1. The normalized spacial score (nSPS) is 24.1. The van der Waals surface area contributed by atoms with Gasteiger partial charge < -0.3 is 19.1 Å². The molecule has 1 aliphatic heterocycles. The Kier molecular flexibility index (Phi) is 7.80. The Balaban J connectivity index is 2.32. The van der Waals surface area contributed by atoms with Crippen LogP contribution in [0.2, 0.25) is 0 Å². The van der Waals surface area contributed by atoms with Gasteiger partial charge in [-0.05, 0) is 60.4 Å². The fourth-order valence-electron chi connectivity index (χ4n) is 3.10. The number of hydrogen-bond acceptors (Lipinski definition) is 4. The highest BCUT2D eigenvalue weighted by molar-refractivity contribution is 4.85. The molecule has 2 unspecified atom stereocenters. The molecule has 1 heterocycles. The summed E-state index contributed by atoms with van der Waals surface area (Å²) in [5.41, 5.74) is -0.265. The lowest BCUT2D eigenvalue weighted by molar-refractivity contribution is -0.101. The van der Waals surface area contributed by atoms with Crippen molar-refractivity contribution in [3.63, 3.8) is 0 Å². The number of methoxy groups -OCH3 is 1. The van der Waals surface area contributed by atoms with Crippen molar-refractivity contribution in [2.24, 2.45) is 0 Å². The van der Waals surface area contributed by atoms with Crippen LogP contribution in [0.5, 0.6) is 0 Å². The van der Waals surface area contributed by atoms with Crippen LogP contribution >= 0.6 is 0 Å². The summed E-state index contributed by atoms with van der Waals surface area (Å²) in [6, 6.07) is 0.671. The molecule has 1 aliphatic rings. The summed E-state index contributed by atoms with van der Waals surface area (Å²) in [6.07, 6.45) is 4.53. The first-order chi connectivity index (χ1) is 10.2. The average molecular weight is 315 g/mol. The molecule has 1 saturated heterocycles. The molecule has 1 rings (SSSR count). The molecule has 0 N–H and O–H groups in total. The van der Waals surface area contributed by atoms with E-state index in [0.717, 1.165) is 39.0 Å². The molecular weight excluding hydrogens is 278 g/mol. The zero-order valence-corrected chi connectivity index (χ0v) is 15.8. The molecule has 0 bridgehead atoms. The quantitative estimate of drug-likeness (QED) is 0.617. The molecule has 0 aromatic carbocycles. The van der Waals surface area contributed by atoms with Crippen LogP contribution in [0.3, 0.4) is 0 Å². The minimum atomic E-state index is -0.133. The summed E-state index contributed by atoms with van der Waals surface area (Å²) in [5, 5.41) is 0. The molecule has 0 aromatic heterocycles. The van der Waals surface area contributed by atoms with Crippen molar-refractivity contribution in [2.75, 3.05) is 33.9 Å². The summed E-state index contributed by atoms with van der Waals surface area (Å²) in [7, 11) is 3.93. The summed E-state index contributed by atoms with van der Waals surface area (Å²) < 4.78 is 17.5. The van der Waals surface area contributed by atoms with E-state index in [1.54, 1.807) is 7.11 Å². The minimum Gasteiger partial charge on any atom is -0.385 e. The van der Waals surface area contributed by atoms with Crippen LogP contribution in [0.25, 0.3) is 0 Å². The topological polar surface area (TPSA) is 30.9 Å². The van der Waals surface area contributed by atoms with Crippen molar-refractivity contribution < 1.29 is 14.2 Å². The van der Waals surface area contributed by atoms with Gasteiger partial charge in [-0.15, -0.1) is 0 Å². The van der Waals surface area contributed by atoms with Crippen molar-refractivity contribution in [3.05, 3.63) is 0 Å². The second-order valence-electron chi connectivity index (χ2n) is 7.84. The predicted octanol–water partition coefficient (Wildman–Crippen LogP) is 3.49. The fourth-order valence-corrected chi connectivity index (χ4v) is 3.10. The molecule has 0 aromatic rings. The van der Waals surface area contributed by atoms with E-state index in [9.17, 15) is 0 Å². The van der Waals surface area contributed by atoms with Crippen LogP contribution in [0.15, 0.2) is 0 Å². The number of likely N-dealkylation sites (N-methyl/N-ethyl adjacent to an activating group) is 1. The van der Waals surface area contributed by atoms with Crippen molar-refractivity contribution in [1.29, 1.82) is 0 Å². The van der Waals surface area contributed by atoms with Crippen LogP contribution in [0.4, 0.5) is 0 Å². The molecule has 1 fully saturated rings. The third-order valence-corrected chi connectivity index (χ3v) is 4.71. The molecule has 0 aliphatic carbocycles. The molecule has 22 heavy (non-hydrogen) atoms. The molecule has 0 saturated carbocycles. The summed E-state index contributed by atoms with van der Waals surface area (Å²) in [5.74, 6) is 0. The largest absolute Gasteiger partial charge is 0.385 e. The van der Waals surface area contributed by atoms with Gasteiger partial charge in [-0.3, -0.25) is 0 Å². The van der Waals surface area contributed by atoms with Crippen LogP contribution in [-0.4, -0.2) is 62.2 Å². The molecular formula is C18H37NO3. The van der Waals surface area contributed by atoms with Gasteiger partial charge in [0.15, 0.2) is 0 Å². The highest BCUT2D eigenvalue weighted by Crippen LogP contribution is 2.27. The third-order valence-electron chi connectivity index (χ3n) is 4.71. The van der Waals surface area contributed by atoms with Crippen molar-refractivity contribution in [1.82, 2.24) is 4.90 Å². The van der Waals surface area contributed by atoms with E-state index < -0.39 is 0 Å². The second-order valence-corrected chi connectivity index (χ2v) is 7.84. The zero-order valence-electron chi connectivity index (χ0n) is 15.8. The first kappa shape index (κ1) is 19.9. The van der Waals surface area contributed by atoms with E-state index in [1.165, 1.54) is 6.42 Å². The van der Waals surface area contributed by atoms with Gasteiger partial charge in [0.05, 0.1) is 23.9 Å². The van der Waals surface area contributed by atoms with Gasteiger partial charge in [-0.25, -0.2) is 0 Å². The van der Waals surface area contributed by atoms with E-state index in [4.69, 9.17) is 14.2 Å². The Morgan fingerprint density at radius 1 is 1.05 bits per heavy atom. The predicted molar refractivity (Wildman–Crippen MR) is 91.4 cm³/mol.